The van der Waals surface area contributed by atoms with Gasteiger partial charge in [-0.2, -0.15) is 0 Å². The van der Waals surface area contributed by atoms with E-state index in [2.05, 4.69) is 15.0 Å². The van der Waals surface area contributed by atoms with Gasteiger partial charge in [0.2, 0.25) is 0 Å². The third-order valence-corrected chi connectivity index (χ3v) is 23.3. The van der Waals surface area contributed by atoms with E-state index in [1.165, 1.54) is 51.1 Å². The lowest BCUT2D eigenvalue weighted by Gasteiger charge is -2.31. The number of pyridine rings is 3. The zero-order valence-electron chi connectivity index (χ0n) is 72.7. The minimum atomic E-state index is -2.72. The number of aromatic nitrogens is 3. The maximum absolute atomic E-state index is 13.8. The van der Waals surface area contributed by atoms with Gasteiger partial charge in [-0.05, 0) is 227 Å². The van der Waals surface area contributed by atoms with Gasteiger partial charge in [0.15, 0.2) is 0 Å². The molecule has 0 spiro atoms. The van der Waals surface area contributed by atoms with Crippen LogP contribution in [0.5, 0.6) is 0 Å². The van der Waals surface area contributed by atoms with Crippen molar-refractivity contribution in [1.29, 1.82) is 0 Å². The first-order valence-electron chi connectivity index (χ1n) is 43.3. The lowest BCUT2D eigenvalue weighted by Crippen LogP contribution is -2.42. The predicted molar refractivity (Wildman–Crippen MR) is 501 cm³/mol. The zero-order chi connectivity index (χ0) is 94.3. The van der Waals surface area contributed by atoms with Gasteiger partial charge in [-0.25, -0.2) is 44.5 Å². The molecule has 684 valence electrons. The predicted octanol–water partition coefficient (Wildman–Crippen LogP) is 24.4. The molecule has 6 N–H and O–H groups in total. The number of piperidine rings is 3. The number of hydrogen-bond donors (Lipinski definition) is 3. The number of likely N-dealkylation sites (tertiary alicyclic amines) is 3. The number of carbonyl (C=O) groups is 5. The molecule has 0 atom stereocenters. The number of nitrogens with zero attached hydrogens (tertiary/aromatic N) is 6. The maximum Gasteiger partial charge on any atom is 0.253 e. The number of carbonyl (C=O) groups excluding carboxylic acids is 5. The Balaban J connectivity index is 0.000000152. The van der Waals surface area contributed by atoms with Gasteiger partial charge < -0.3 is 45.2 Å². The Labute approximate surface area is 771 Å². The molecule has 6 aromatic heterocycles. The summed E-state index contributed by atoms with van der Waals surface area (Å²) in [5.74, 6) is -7.44. The number of ketones is 2. The van der Waals surface area contributed by atoms with Crippen LogP contribution in [0.2, 0.25) is 0 Å². The summed E-state index contributed by atoms with van der Waals surface area (Å²) >= 11 is 9.53. The fraction of sp³-hybridized carbons (Fsp3) is 0.238. The summed E-state index contributed by atoms with van der Waals surface area (Å²) in [6.45, 7) is 4.30. The molecule has 28 heteroatoms. The minimum Gasteiger partial charge on any atom is -0.460 e. The average Bonchev–Trinajstić information content (AvgIpc) is 1.64. The number of hydrogen-bond acceptors (Lipinski definition) is 14. The van der Waals surface area contributed by atoms with E-state index in [0.29, 0.717) is 82.2 Å². The van der Waals surface area contributed by atoms with E-state index in [0.717, 1.165) is 111 Å². The van der Waals surface area contributed by atoms with Gasteiger partial charge in [0.05, 0.1) is 23.8 Å². The van der Waals surface area contributed by atoms with E-state index in [-0.39, 0.29) is 149 Å². The highest BCUT2D eigenvalue weighted by Gasteiger charge is 2.39. The van der Waals surface area contributed by atoms with E-state index in [4.69, 9.17) is 53.7 Å². The summed E-state index contributed by atoms with van der Waals surface area (Å²) in [6.07, 6.45) is 5.05. The Morgan fingerprint density at radius 2 is 0.654 bits per heavy atom. The molecule has 0 aliphatic carbocycles. The number of furan rings is 3. The van der Waals surface area contributed by atoms with Gasteiger partial charge in [0.1, 0.15) is 68.9 Å². The summed E-state index contributed by atoms with van der Waals surface area (Å²) in [6, 6.07) is 68.3. The van der Waals surface area contributed by atoms with Crippen molar-refractivity contribution in [2.45, 2.75) is 115 Å². The van der Waals surface area contributed by atoms with Crippen molar-refractivity contribution >= 4 is 96.9 Å². The standard InChI is InChI=1S/C36H31F3N2O3.C35H30F3N3O3.C27H23F3N2O2.C6H8N2.CH2Cl2/c1-23-2-3-24(22-40-23)18-31(42)12-13-32-20-29-19-28(21-33(34(29)44-32)26-8-10-30(37)11-9-26)25-4-6-27(7-5-25)35(43)41-16-14-36(38,39)15-17-41;36-28-8-6-24(7-9-28)31-20-26(23-2-4-25(5-3-23)34(43)41-15-13-35(37,38)14-16-41)18-27-19-30(44-33(27)31)11-10-29(42)17-22-1-12-32(39)40-21-22;28-22-7-5-18(6-8-22)24-15-20(13-21-14-23(16-31)34-25(21)24)17-1-3-19(4-2-17)26(33)32-11-9-27(29,30)10-12-32;1-5-2-3-6(7)4-8-5;2-1-3/h2-11,19-22H,12-18H2,1H3;1-9,12,18-21H,10-11,13-17H2,(H2,39,40);1-8,13-15H,9-12,16,31H2;2-4H,7H2,1H3;1H2. The smallest absolute Gasteiger partial charge is 0.253 e. The zero-order valence-corrected chi connectivity index (χ0v) is 74.2. The molecule has 9 heterocycles. The second-order valence-corrected chi connectivity index (χ2v) is 33.8. The van der Waals surface area contributed by atoms with Gasteiger partial charge in [-0.1, -0.05) is 84.9 Å². The highest BCUT2D eigenvalue weighted by molar-refractivity contribution is 6.40. The van der Waals surface area contributed by atoms with E-state index in [9.17, 15) is 63.5 Å². The van der Waals surface area contributed by atoms with Crippen LogP contribution < -0.4 is 17.2 Å². The Kier molecular flexibility index (Phi) is 30.6. The maximum atomic E-state index is 13.8. The molecule has 0 bridgehead atoms. The van der Waals surface area contributed by atoms with Crippen molar-refractivity contribution in [1.82, 2.24) is 29.7 Å². The second-order valence-electron chi connectivity index (χ2n) is 33.0. The lowest BCUT2D eigenvalue weighted by atomic mass is 9.96. The summed E-state index contributed by atoms with van der Waals surface area (Å²) in [5.41, 5.74) is 34.2. The van der Waals surface area contributed by atoms with Crippen LogP contribution in [0.25, 0.3) is 99.7 Å². The van der Waals surface area contributed by atoms with Crippen LogP contribution in [-0.4, -0.2) is 121 Å². The number of nitrogens with two attached hydrogens (primary N) is 3. The number of fused-ring (bicyclic) bond motifs is 3. The van der Waals surface area contributed by atoms with Crippen LogP contribution in [0.3, 0.4) is 0 Å². The second kappa shape index (κ2) is 42.7. The Morgan fingerprint density at radius 3 is 0.940 bits per heavy atom. The van der Waals surface area contributed by atoms with Crippen LogP contribution in [0.15, 0.2) is 268 Å². The van der Waals surface area contributed by atoms with E-state index in [1.54, 1.807) is 104 Å². The SMILES string of the molecule is Cc1ccc(CC(=O)CCc2cc3cc(-c4ccc(C(=O)N5CCC(F)(F)CC5)cc4)cc(-c4ccc(F)cc4)c3o2)cn1.Cc1ccc(N)cn1.ClCCl.NCc1cc2cc(-c3ccc(C(=O)N4CCC(F)(F)CC4)cc3)cc(-c3ccc(F)cc3)c2o1.Nc1ccc(CC(=O)CCc2cc3cc(-c4ccc(C(=O)N5CCC(F)(F)CC5)cc4)cc(-c4ccc(F)cc4)c3o2)cn1. The van der Waals surface area contributed by atoms with Crippen LogP contribution in [-0.2, 0) is 41.8 Å². The molecule has 15 aromatic rings. The number of halogens is 11. The van der Waals surface area contributed by atoms with Gasteiger partial charge in [-0.3, -0.25) is 33.9 Å². The fourth-order valence-electron chi connectivity index (χ4n) is 15.9. The van der Waals surface area contributed by atoms with Gasteiger partial charge in [-0.15, -0.1) is 23.2 Å². The third-order valence-electron chi connectivity index (χ3n) is 23.3. The number of aryl methyl sites for hydroxylation is 4. The fourth-order valence-corrected chi connectivity index (χ4v) is 15.9. The minimum absolute atomic E-state index is 0.0261. The number of benzene rings is 9. The number of anilines is 2. The summed E-state index contributed by atoms with van der Waals surface area (Å²) in [7, 11) is 0. The van der Waals surface area contributed by atoms with Crippen molar-refractivity contribution in [3.8, 4) is 66.8 Å². The summed E-state index contributed by atoms with van der Waals surface area (Å²) in [4.78, 5) is 80.6. The van der Waals surface area contributed by atoms with Crippen molar-refractivity contribution in [2.75, 3.05) is 56.1 Å². The van der Waals surface area contributed by atoms with Crippen molar-refractivity contribution in [3.05, 3.63) is 329 Å². The van der Waals surface area contributed by atoms with Crippen molar-refractivity contribution in [2.24, 2.45) is 5.73 Å². The topological polar surface area (TPSA) is 251 Å². The molecular formula is C105H94Cl2F9N9O8. The number of amides is 3. The van der Waals surface area contributed by atoms with Crippen LogP contribution in [0, 0.1) is 31.3 Å². The van der Waals surface area contributed by atoms with Gasteiger partial charge in [0.25, 0.3) is 35.5 Å². The van der Waals surface area contributed by atoms with Crippen molar-refractivity contribution < 1.29 is 76.7 Å². The first-order chi connectivity index (χ1) is 63.8. The molecule has 9 aromatic carbocycles. The molecule has 3 fully saturated rings. The molecule has 0 radical (unpaired) electrons. The number of nitrogen functional groups attached to an aromatic ring is 2. The Hall–Kier alpha value is -13.7. The summed E-state index contributed by atoms with van der Waals surface area (Å²) < 4.78 is 141. The first kappa shape index (κ1) is 95.4. The highest BCUT2D eigenvalue weighted by atomic mass is 35.5. The molecule has 133 heavy (non-hydrogen) atoms. The largest absolute Gasteiger partial charge is 0.460 e. The number of rotatable bonds is 20. The van der Waals surface area contributed by atoms with E-state index in [1.807, 2.05) is 129 Å². The molecule has 18 rings (SSSR count). The molecule has 3 aliphatic rings. The summed E-state index contributed by atoms with van der Waals surface area (Å²) in [5, 5.41) is 2.72. The average molecular weight is 1850 g/mol. The van der Waals surface area contributed by atoms with Crippen LogP contribution in [0.1, 0.15) is 122 Å². The van der Waals surface area contributed by atoms with Gasteiger partial charge >= 0.3 is 0 Å². The number of Topliss-reactive ketones (excluding diaryl/α,β-unsaturated/α-hetero) is 2. The molecule has 17 nitrogen and oxygen atoms in total. The molecule has 3 aliphatic heterocycles. The molecule has 3 saturated heterocycles. The normalized spacial score (nSPS) is 14.3. The Bertz CT molecular complexity index is 6280. The van der Waals surface area contributed by atoms with Crippen LogP contribution in [0.4, 0.5) is 51.0 Å². The lowest BCUT2D eigenvalue weighted by molar-refractivity contribution is -0.119. The van der Waals surface area contributed by atoms with Crippen LogP contribution >= 0.6 is 23.2 Å². The van der Waals surface area contributed by atoms with Crippen molar-refractivity contribution in [3.63, 3.8) is 0 Å². The van der Waals surface area contributed by atoms with E-state index >= 15 is 0 Å². The van der Waals surface area contributed by atoms with Gasteiger partial charge in [0, 0.05) is 190 Å². The first-order valence-corrected chi connectivity index (χ1v) is 44.3. The molecule has 0 unspecified atom stereocenters. The third kappa shape index (κ3) is 25.1. The molecule has 0 saturated carbocycles. The number of alkyl halides is 8. The molecular weight excluding hydrogens is 1760 g/mol. The monoisotopic (exact) mass is 1850 g/mol. The quantitative estimate of drug-likeness (QED) is 0.0474. The molecule has 3 amide bonds. The Morgan fingerprint density at radius 1 is 0.361 bits per heavy atom. The van der Waals surface area contributed by atoms with E-state index < -0.39 is 17.8 Å². The highest BCUT2D eigenvalue weighted by Crippen LogP contribution is 2.42.